The van der Waals surface area contributed by atoms with Crippen molar-refractivity contribution in [3.05, 3.63) is 45.7 Å². The first-order chi connectivity index (χ1) is 12.6. The second-order valence-electron chi connectivity index (χ2n) is 8.23. The van der Waals surface area contributed by atoms with Crippen LogP contribution in [0.15, 0.2) is 24.3 Å². The van der Waals surface area contributed by atoms with Gasteiger partial charge in [0.15, 0.2) is 0 Å². The average molecular weight is 407 g/mol. The molecule has 0 aromatic carbocycles. The molecule has 1 amide bonds. The van der Waals surface area contributed by atoms with Crippen LogP contribution >= 0.6 is 23.2 Å². The maximum Gasteiger partial charge on any atom is 0.226 e. The van der Waals surface area contributed by atoms with Crippen LogP contribution in [0.2, 0.25) is 10.3 Å². The molecule has 27 heavy (non-hydrogen) atoms. The minimum Gasteiger partial charge on any atom is -0.370 e. The summed E-state index contributed by atoms with van der Waals surface area (Å²) < 4.78 is 0. The molecular formula is C20H24Cl2N4O. The second-order valence-corrected chi connectivity index (χ2v) is 9.00. The summed E-state index contributed by atoms with van der Waals surface area (Å²) in [5.41, 5.74) is 2.37. The number of fused-ring (bicyclic) bond motifs is 2. The number of hydrogen-bond acceptors (Lipinski definition) is 4. The molecule has 0 radical (unpaired) electrons. The summed E-state index contributed by atoms with van der Waals surface area (Å²) in [5.74, 6) is 1.54. The van der Waals surface area contributed by atoms with Crippen molar-refractivity contribution >= 4 is 40.7 Å². The van der Waals surface area contributed by atoms with Gasteiger partial charge in [0.1, 0.15) is 21.9 Å². The Morgan fingerprint density at radius 2 is 1.44 bits per heavy atom. The van der Waals surface area contributed by atoms with Crippen LogP contribution in [0.25, 0.3) is 0 Å². The van der Waals surface area contributed by atoms with Gasteiger partial charge in [-0.25, -0.2) is 9.97 Å². The highest BCUT2D eigenvalue weighted by Gasteiger charge is 2.32. The molecule has 0 saturated heterocycles. The van der Waals surface area contributed by atoms with Crippen molar-refractivity contribution in [2.75, 3.05) is 17.2 Å². The lowest BCUT2D eigenvalue weighted by molar-refractivity contribution is -0.117. The van der Waals surface area contributed by atoms with Crippen molar-refractivity contribution in [2.45, 2.75) is 51.4 Å². The Labute approximate surface area is 169 Å². The van der Waals surface area contributed by atoms with Crippen molar-refractivity contribution < 1.29 is 4.79 Å². The molecule has 0 spiro atoms. The SMILES string of the molecule is CC1(C)CC(=O)Nc2nc(Cl)ccc21.CC1(C)CCNc2nc(Cl)ccc21. The molecule has 2 N–H and O–H groups in total. The van der Waals surface area contributed by atoms with Gasteiger partial charge in [-0.3, -0.25) is 4.79 Å². The number of hydrogen-bond donors (Lipinski definition) is 2. The molecule has 0 aliphatic carbocycles. The third kappa shape index (κ3) is 4.36. The predicted octanol–water partition coefficient (Wildman–Crippen LogP) is 5.18. The highest BCUT2D eigenvalue weighted by molar-refractivity contribution is 6.29. The lowest BCUT2D eigenvalue weighted by atomic mass is 9.79. The van der Waals surface area contributed by atoms with E-state index in [1.54, 1.807) is 6.07 Å². The fourth-order valence-corrected chi connectivity index (χ4v) is 3.79. The molecule has 2 aromatic heterocycles. The normalized spacial score (nSPS) is 18.8. The van der Waals surface area contributed by atoms with Crippen LogP contribution in [0.1, 0.15) is 51.7 Å². The van der Waals surface area contributed by atoms with Gasteiger partial charge < -0.3 is 10.6 Å². The molecule has 2 aliphatic rings. The summed E-state index contributed by atoms with van der Waals surface area (Å²) in [5, 5.41) is 6.95. The van der Waals surface area contributed by atoms with E-state index in [4.69, 9.17) is 23.2 Å². The fourth-order valence-electron chi connectivity index (χ4n) is 3.49. The standard InChI is InChI=1S/C10H11ClN2O.C10H13ClN2/c1-10(2)5-8(14)13-9-6(10)3-4-7(11)12-9;1-10(2)5-6-12-9-7(10)3-4-8(11)13-9/h3-4H,5H2,1-2H3,(H,12,13,14);3-4H,5-6H2,1-2H3,(H,12,13). The van der Waals surface area contributed by atoms with E-state index in [1.807, 2.05) is 26.0 Å². The van der Waals surface area contributed by atoms with E-state index in [9.17, 15) is 4.79 Å². The predicted molar refractivity (Wildman–Crippen MR) is 111 cm³/mol. The number of pyridine rings is 2. The number of carbonyl (C=O) groups is 1. The highest BCUT2D eigenvalue weighted by atomic mass is 35.5. The lowest BCUT2D eigenvalue weighted by Crippen LogP contribution is -2.33. The number of rotatable bonds is 0. The van der Waals surface area contributed by atoms with Crippen LogP contribution in [0.4, 0.5) is 11.6 Å². The second kappa shape index (κ2) is 7.28. The smallest absolute Gasteiger partial charge is 0.226 e. The number of nitrogens with zero attached hydrogens (tertiary/aromatic N) is 2. The van der Waals surface area contributed by atoms with Gasteiger partial charge in [-0.1, -0.05) is 63.0 Å². The van der Waals surface area contributed by atoms with Gasteiger partial charge in [-0.2, -0.15) is 0 Å². The van der Waals surface area contributed by atoms with E-state index in [0.717, 1.165) is 24.3 Å². The summed E-state index contributed by atoms with van der Waals surface area (Å²) in [6.45, 7) is 9.51. The largest absolute Gasteiger partial charge is 0.370 e. The number of amides is 1. The number of halogens is 2. The minimum atomic E-state index is -0.157. The molecule has 0 atom stereocenters. The zero-order valence-corrected chi connectivity index (χ0v) is 17.5. The maximum absolute atomic E-state index is 11.4. The van der Waals surface area contributed by atoms with E-state index < -0.39 is 0 Å². The summed E-state index contributed by atoms with van der Waals surface area (Å²) in [4.78, 5) is 19.7. The maximum atomic E-state index is 11.4. The van der Waals surface area contributed by atoms with Crippen LogP contribution in [0.5, 0.6) is 0 Å². The third-order valence-electron chi connectivity index (χ3n) is 5.08. The van der Waals surface area contributed by atoms with Crippen LogP contribution in [-0.2, 0) is 15.6 Å². The number of anilines is 2. The van der Waals surface area contributed by atoms with E-state index >= 15 is 0 Å². The number of carbonyl (C=O) groups excluding carboxylic acids is 1. The first-order valence-corrected chi connectivity index (χ1v) is 9.72. The topological polar surface area (TPSA) is 66.9 Å². The van der Waals surface area contributed by atoms with Crippen LogP contribution < -0.4 is 10.6 Å². The fraction of sp³-hybridized carbons (Fsp3) is 0.450. The van der Waals surface area contributed by atoms with E-state index in [-0.39, 0.29) is 16.7 Å². The first-order valence-electron chi connectivity index (χ1n) is 8.96. The average Bonchev–Trinajstić information content (AvgIpc) is 2.53. The van der Waals surface area contributed by atoms with Crippen molar-refractivity contribution in [1.82, 2.24) is 9.97 Å². The van der Waals surface area contributed by atoms with Crippen molar-refractivity contribution in [3.63, 3.8) is 0 Å². The van der Waals surface area contributed by atoms with Crippen LogP contribution in [0, 0.1) is 0 Å². The van der Waals surface area contributed by atoms with E-state index in [2.05, 4.69) is 40.5 Å². The van der Waals surface area contributed by atoms with Gasteiger partial charge in [-0.05, 0) is 24.0 Å². The van der Waals surface area contributed by atoms with Gasteiger partial charge in [0.2, 0.25) is 5.91 Å². The third-order valence-corrected chi connectivity index (χ3v) is 5.50. The number of aromatic nitrogens is 2. The summed E-state index contributed by atoms with van der Waals surface area (Å²) in [6.07, 6.45) is 1.63. The Morgan fingerprint density at radius 3 is 2.07 bits per heavy atom. The lowest BCUT2D eigenvalue weighted by Gasteiger charge is -2.32. The van der Waals surface area contributed by atoms with Gasteiger partial charge >= 0.3 is 0 Å². The molecule has 7 heteroatoms. The molecular weight excluding hydrogens is 383 g/mol. The molecule has 0 fully saturated rings. The molecule has 0 bridgehead atoms. The molecule has 2 aromatic rings. The van der Waals surface area contributed by atoms with Crippen LogP contribution in [-0.4, -0.2) is 22.4 Å². The summed E-state index contributed by atoms with van der Waals surface area (Å²) >= 11 is 11.6. The van der Waals surface area contributed by atoms with Crippen molar-refractivity contribution in [1.29, 1.82) is 0 Å². The zero-order chi connectivity index (χ0) is 19.8. The van der Waals surface area contributed by atoms with Crippen molar-refractivity contribution in [2.24, 2.45) is 0 Å². The molecule has 0 unspecified atom stereocenters. The van der Waals surface area contributed by atoms with E-state index in [1.165, 1.54) is 5.56 Å². The summed E-state index contributed by atoms with van der Waals surface area (Å²) in [7, 11) is 0. The van der Waals surface area contributed by atoms with Gasteiger partial charge in [0, 0.05) is 29.5 Å². The molecule has 4 rings (SSSR count). The monoisotopic (exact) mass is 406 g/mol. The Balaban J connectivity index is 0.000000156. The van der Waals surface area contributed by atoms with Gasteiger partial charge in [0.25, 0.3) is 0 Å². The number of nitrogens with one attached hydrogen (secondary N) is 2. The Kier molecular flexibility index (Phi) is 5.37. The Hall–Kier alpha value is -1.85. The van der Waals surface area contributed by atoms with Crippen molar-refractivity contribution in [3.8, 4) is 0 Å². The summed E-state index contributed by atoms with van der Waals surface area (Å²) in [6, 6.07) is 7.59. The van der Waals surface area contributed by atoms with Gasteiger partial charge in [0.05, 0.1) is 0 Å². The van der Waals surface area contributed by atoms with Gasteiger partial charge in [-0.15, -0.1) is 0 Å². The quantitative estimate of drug-likeness (QED) is 0.591. The molecule has 0 saturated carbocycles. The minimum absolute atomic E-state index is 0.00253. The first kappa shape index (κ1) is 19.9. The van der Waals surface area contributed by atoms with Crippen LogP contribution in [0.3, 0.4) is 0 Å². The zero-order valence-electron chi connectivity index (χ0n) is 16.0. The Bertz CT molecular complexity index is 880. The molecule has 5 nitrogen and oxygen atoms in total. The molecule has 4 heterocycles. The highest BCUT2D eigenvalue weighted by Crippen LogP contribution is 2.37. The van der Waals surface area contributed by atoms with E-state index in [0.29, 0.717) is 22.5 Å². The molecule has 144 valence electrons. The molecule has 2 aliphatic heterocycles. The Morgan fingerprint density at radius 1 is 0.889 bits per heavy atom.